The lowest BCUT2D eigenvalue weighted by Gasteiger charge is -2.55. The minimum Gasteiger partial charge on any atom is -0.388 e. The van der Waals surface area contributed by atoms with Gasteiger partial charge in [-0.3, -0.25) is 4.98 Å². The Morgan fingerprint density at radius 3 is 2.77 bits per heavy atom. The molecule has 5 aliphatic rings. The van der Waals surface area contributed by atoms with Crippen molar-refractivity contribution in [3.63, 3.8) is 0 Å². The van der Waals surface area contributed by atoms with E-state index in [4.69, 9.17) is 4.74 Å². The summed E-state index contributed by atoms with van der Waals surface area (Å²) in [5, 5.41) is 21.8. The molecule has 7 unspecified atom stereocenters. The van der Waals surface area contributed by atoms with Crippen molar-refractivity contribution < 1.29 is 14.9 Å². The zero-order valence-electron chi connectivity index (χ0n) is 18.6. The Kier molecular flexibility index (Phi) is 4.09. The highest BCUT2D eigenvalue weighted by atomic mass is 16.5. The van der Waals surface area contributed by atoms with Gasteiger partial charge in [0.15, 0.2) is 0 Å². The summed E-state index contributed by atoms with van der Waals surface area (Å²) in [6.45, 7) is 2.39. The van der Waals surface area contributed by atoms with Gasteiger partial charge in [-0.25, -0.2) is 0 Å². The Morgan fingerprint density at radius 1 is 1.19 bits per heavy atom. The molecule has 2 aliphatic heterocycles. The van der Waals surface area contributed by atoms with Crippen LogP contribution in [-0.4, -0.2) is 63.6 Å². The Hall–Kier alpha value is -1.79. The number of ether oxygens (including phenoxy) is 1. The largest absolute Gasteiger partial charge is 0.388 e. The molecule has 6 rings (SSSR count). The standard InChI is InChI=1S/C26H32N2O3/c1-24-9-8-17-13-19-22(29)23(30)20(28(2)3)14-25(19)10-11-26(17,31-25)21(24)7-6-18(24)16-5-4-12-27-15-16/h4-6,8,12-13,15,20-23,29-30H,7,9-11,14H2,1-3H3. The Labute approximate surface area is 184 Å². The van der Waals surface area contributed by atoms with Crippen LogP contribution in [-0.2, 0) is 4.74 Å². The van der Waals surface area contributed by atoms with Crippen molar-refractivity contribution in [1.29, 1.82) is 0 Å². The molecule has 3 heterocycles. The maximum Gasteiger partial charge on any atom is 0.105 e. The quantitative estimate of drug-likeness (QED) is 0.770. The summed E-state index contributed by atoms with van der Waals surface area (Å²) in [5.41, 5.74) is 3.94. The van der Waals surface area contributed by atoms with Crippen LogP contribution in [0.3, 0.4) is 0 Å². The average Bonchev–Trinajstić information content (AvgIpc) is 3.27. The van der Waals surface area contributed by atoms with Crippen molar-refractivity contribution in [2.24, 2.45) is 11.3 Å². The fourth-order valence-electron chi connectivity index (χ4n) is 7.47. The van der Waals surface area contributed by atoms with Crippen molar-refractivity contribution in [3.05, 3.63) is 59.5 Å². The summed E-state index contributed by atoms with van der Waals surface area (Å²) in [6, 6.07) is 4.07. The van der Waals surface area contributed by atoms with E-state index in [1.54, 1.807) is 0 Å². The van der Waals surface area contributed by atoms with E-state index in [0.717, 1.165) is 37.7 Å². The van der Waals surface area contributed by atoms with Gasteiger partial charge in [-0.05, 0) is 74.5 Å². The zero-order chi connectivity index (χ0) is 21.6. The molecule has 0 aromatic carbocycles. The summed E-state index contributed by atoms with van der Waals surface area (Å²) in [6.07, 6.45) is 13.6. The topological polar surface area (TPSA) is 65.8 Å². The SMILES string of the molecule is CN(C)C1CC23CCC4(O2)C(=CCC2(C)C(c5cccnc5)=CCC24)C=C3C(O)C1O. The fraction of sp³-hybridized carbons (Fsp3) is 0.577. The normalized spacial score (nSPS) is 45.4. The van der Waals surface area contributed by atoms with E-state index in [1.165, 1.54) is 16.7 Å². The van der Waals surface area contributed by atoms with Crippen LogP contribution >= 0.6 is 0 Å². The van der Waals surface area contributed by atoms with Crippen LogP contribution in [0.25, 0.3) is 5.57 Å². The number of allylic oxidation sites excluding steroid dienone is 3. The van der Waals surface area contributed by atoms with E-state index >= 15 is 0 Å². The number of aliphatic hydroxyl groups is 2. The minimum atomic E-state index is -0.876. The first-order chi connectivity index (χ1) is 14.8. The molecule has 2 bridgehead atoms. The molecule has 0 amide bonds. The second-order valence-corrected chi connectivity index (χ2v) is 10.7. The lowest BCUT2D eigenvalue weighted by atomic mass is 9.58. The third-order valence-corrected chi connectivity index (χ3v) is 9.07. The van der Waals surface area contributed by atoms with Gasteiger partial charge >= 0.3 is 0 Å². The predicted octanol–water partition coefficient (Wildman–Crippen LogP) is 3.11. The number of fused-ring (bicyclic) bond motifs is 1. The van der Waals surface area contributed by atoms with Crippen molar-refractivity contribution >= 4 is 5.57 Å². The summed E-state index contributed by atoms with van der Waals surface area (Å²) in [4.78, 5) is 6.39. The second kappa shape index (κ2) is 6.38. The van der Waals surface area contributed by atoms with E-state index in [0.29, 0.717) is 5.92 Å². The van der Waals surface area contributed by atoms with Gasteiger partial charge in [0.2, 0.25) is 0 Å². The van der Waals surface area contributed by atoms with E-state index in [2.05, 4.69) is 36.2 Å². The Balaban J connectivity index is 1.43. The zero-order valence-corrected chi connectivity index (χ0v) is 18.6. The number of rotatable bonds is 2. The maximum atomic E-state index is 11.1. The van der Waals surface area contributed by atoms with Gasteiger partial charge in [0.25, 0.3) is 0 Å². The molecule has 2 spiro atoms. The molecule has 2 fully saturated rings. The summed E-state index contributed by atoms with van der Waals surface area (Å²) >= 11 is 0. The summed E-state index contributed by atoms with van der Waals surface area (Å²) in [7, 11) is 3.95. The molecule has 2 N–H and O–H groups in total. The smallest absolute Gasteiger partial charge is 0.105 e. The molecule has 164 valence electrons. The van der Waals surface area contributed by atoms with Gasteiger partial charge < -0.3 is 19.8 Å². The first-order valence-electron chi connectivity index (χ1n) is 11.6. The molecule has 1 aromatic heterocycles. The van der Waals surface area contributed by atoms with Gasteiger partial charge in [-0.2, -0.15) is 0 Å². The second-order valence-electron chi connectivity index (χ2n) is 10.7. The number of aromatic nitrogens is 1. The predicted molar refractivity (Wildman–Crippen MR) is 119 cm³/mol. The number of likely N-dealkylation sites (N-methyl/N-ethyl adjacent to an activating group) is 1. The van der Waals surface area contributed by atoms with Crippen molar-refractivity contribution in [2.45, 2.75) is 68.5 Å². The number of hydrogen-bond acceptors (Lipinski definition) is 5. The van der Waals surface area contributed by atoms with Crippen molar-refractivity contribution in [2.75, 3.05) is 14.1 Å². The lowest BCUT2D eigenvalue weighted by molar-refractivity contribution is -0.161. The van der Waals surface area contributed by atoms with Gasteiger partial charge in [0.1, 0.15) is 6.10 Å². The average molecular weight is 421 g/mol. The van der Waals surface area contributed by atoms with Crippen LogP contribution < -0.4 is 0 Å². The Morgan fingerprint density at radius 2 is 2.03 bits per heavy atom. The molecule has 1 saturated heterocycles. The van der Waals surface area contributed by atoms with E-state index in [9.17, 15) is 10.2 Å². The summed E-state index contributed by atoms with van der Waals surface area (Å²) < 4.78 is 7.16. The number of pyridine rings is 1. The van der Waals surface area contributed by atoms with Crippen LogP contribution in [0.4, 0.5) is 0 Å². The van der Waals surface area contributed by atoms with Crippen LogP contribution in [0.1, 0.15) is 44.6 Å². The molecule has 1 aromatic rings. The third-order valence-electron chi connectivity index (χ3n) is 9.07. The molecular weight excluding hydrogens is 388 g/mol. The van der Waals surface area contributed by atoms with Gasteiger partial charge in [0.05, 0.1) is 17.3 Å². The highest BCUT2D eigenvalue weighted by molar-refractivity contribution is 5.74. The molecule has 1 saturated carbocycles. The Bertz CT molecular complexity index is 1010. The number of hydrogen-bond donors (Lipinski definition) is 2. The molecular formula is C26H32N2O3. The first-order valence-corrected chi connectivity index (χ1v) is 11.6. The van der Waals surface area contributed by atoms with Gasteiger partial charge in [-0.1, -0.05) is 31.2 Å². The van der Waals surface area contributed by atoms with Crippen molar-refractivity contribution in [1.82, 2.24) is 9.88 Å². The van der Waals surface area contributed by atoms with Crippen molar-refractivity contribution in [3.8, 4) is 0 Å². The highest BCUT2D eigenvalue weighted by Crippen LogP contribution is 2.67. The molecule has 31 heavy (non-hydrogen) atoms. The van der Waals surface area contributed by atoms with Crippen LogP contribution in [0.15, 0.2) is 53.9 Å². The molecule has 5 nitrogen and oxygen atoms in total. The number of nitrogens with zero attached hydrogens (tertiary/aromatic N) is 2. The van der Waals surface area contributed by atoms with Crippen LogP contribution in [0, 0.1) is 11.3 Å². The molecule has 7 atom stereocenters. The number of aliphatic hydroxyl groups excluding tert-OH is 2. The molecule has 0 radical (unpaired) electrons. The monoisotopic (exact) mass is 420 g/mol. The fourth-order valence-corrected chi connectivity index (χ4v) is 7.47. The van der Waals surface area contributed by atoms with Crippen LogP contribution in [0.2, 0.25) is 0 Å². The maximum absolute atomic E-state index is 11.1. The first kappa shape index (κ1) is 19.9. The molecule has 5 heteroatoms. The van der Waals surface area contributed by atoms with Gasteiger partial charge in [0, 0.05) is 29.8 Å². The molecule has 3 aliphatic carbocycles. The third kappa shape index (κ3) is 2.44. The van der Waals surface area contributed by atoms with E-state index < -0.39 is 17.8 Å². The van der Waals surface area contributed by atoms with Crippen LogP contribution in [0.5, 0.6) is 0 Å². The highest BCUT2D eigenvalue weighted by Gasteiger charge is 2.67. The minimum absolute atomic E-state index is 0.0111. The lowest BCUT2D eigenvalue weighted by Crippen LogP contribution is -2.61. The van der Waals surface area contributed by atoms with Gasteiger partial charge in [-0.15, -0.1) is 0 Å². The van der Waals surface area contributed by atoms with E-state index in [-0.39, 0.29) is 17.1 Å². The summed E-state index contributed by atoms with van der Waals surface area (Å²) in [5.74, 6) is 0.370. The van der Waals surface area contributed by atoms with E-state index in [1.807, 2.05) is 37.5 Å².